The molecule has 86 valence electrons. The van der Waals surface area contributed by atoms with Gasteiger partial charge >= 0.3 is 5.97 Å². The summed E-state index contributed by atoms with van der Waals surface area (Å²) in [5, 5.41) is 8.89. The van der Waals surface area contributed by atoms with Crippen molar-refractivity contribution < 1.29 is 9.90 Å². The van der Waals surface area contributed by atoms with Crippen molar-refractivity contribution in [2.45, 2.75) is 18.9 Å². The van der Waals surface area contributed by atoms with Gasteiger partial charge in [-0.15, -0.1) is 0 Å². The summed E-state index contributed by atoms with van der Waals surface area (Å²) in [6.45, 7) is 3.21. The number of rotatable bonds is 2. The molecule has 0 radical (unpaired) electrons. The molecule has 4 heteroatoms. The van der Waals surface area contributed by atoms with Crippen molar-refractivity contribution in [1.29, 1.82) is 0 Å². The zero-order valence-electron chi connectivity index (χ0n) is 9.52. The Bertz CT molecular complexity index is 257. The van der Waals surface area contributed by atoms with Gasteiger partial charge in [0, 0.05) is 25.6 Å². The second-order valence-corrected chi connectivity index (χ2v) is 5.08. The van der Waals surface area contributed by atoms with Gasteiger partial charge in [-0.3, -0.25) is 4.79 Å². The Morgan fingerprint density at radius 2 is 2.13 bits per heavy atom. The van der Waals surface area contributed by atoms with Gasteiger partial charge in [0.05, 0.1) is 0 Å². The Morgan fingerprint density at radius 1 is 1.40 bits per heavy atom. The molecule has 3 unspecified atom stereocenters. The predicted octanol–water partition coefficient (Wildman–Crippen LogP) is 0.343. The van der Waals surface area contributed by atoms with Crippen LogP contribution in [0.25, 0.3) is 0 Å². The van der Waals surface area contributed by atoms with E-state index < -0.39 is 5.97 Å². The number of carbonyl (C=O) groups is 1. The topological polar surface area (TPSA) is 43.8 Å². The SMILES string of the molecule is CN1CC2C(CC(=O)O)CCN(C)C2C1. The van der Waals surface area contributed by atoms with E-state index in [0.717, 1.165) is 26.1 Å². The molecule has 2 heterocycles. The van der Waals surface area contributed by atoms with Gasteiger partial charge in [-0.05, 0) is 38.9 Å². The lowest BCUT2D eigenvalue weighted by Gasteiger charge is -2.39. The Balaban J connectivity index is 2.05. The lowest BCUT2D eigenvalue weighted by Crippen LogP contribution is -2.46. The van der Waals surface area contributed by atoms with Crippen molar-refractivity contribution in [3.05, 3.63) is 0 Å². The molecule has 2 aliphatic heterocycles. The molecule has 0 spiro atoms. The summed E-state index contributed by atoms with van der Waals surface area (Å²) >= 11 is 0. The van der Waals surface area contributed by atoms with Crippen molar-refractivity contribution in [1.82, 2.24) is 9.80 Å². The maximum Gasteiger partial charge on any atom is 0.303 e. The van der Waals surface area contributed by atoms with Crippen molar-refractivity contribution in [3.8, 4) is 0 Å². The van der Waals surface area contributed by atoms with Crippen LogP contribution in [0.2, 0.25) is 0 Å². The summed E-state index contributed by atoms with van der Waals surface area (Å²) in [6, 6.07) is 0.577. The minimum Gasteiger partial charge on any atom is -0.481 e. The Kier molecular flexibility index (Phi) is 2.98. The highest BCUT2D eigenvalue weighted by atomic mass is 16.4. The average Bonchev–Trinajstić information content (AvgIpc) is 2.52. The summed E-state index contributed by atoms with van der Waals surface area (Å²) in [5.74, 6) is 0.302. The molecule has 4 nitrogen and oxygen atoms in total. The molecule has 1 N–H and O–H groups in total. The average molecular weight is 212 g/mol. The van der Waals surface area contributed by atoms with E-state index in [4.69, 9.17) is 5.11 Å². The van der Waals surface area contributed by atoms with E-state index in [2.05, 4.69) is 23.9 Å². The van der Waals surface area contributed by atoms with Gasteiger partial charge in [0.2, 0.25) is 0 Å². The summed E-state index contributed by atoms with van der Waals surface area (Å²) < 4.78 is 0. The number of likely N-dealkylation sites (tertiary alicyclic amines) is 2. The van der Waals surface area contributed by atoms with Crippen LogP contribution in [0.15, 0.2) is 0 Å². The Morgan fingerprint density at radius 3 is 2.80 bits per heavy atom. The minimum atomic E-state index is -0.641. The third-order valence-corrected chi connectivity index (χ3v) is 3.98. The second-order valence-electron chi connectivity index (χ2n) is 5.08. The molecular weight excluding hydrogens is 192 g/mol. The number of hydrogen-bond donors (Lipinski definition) is 1. The zero-order valence-corrected chi connectivity index (χ0v) is 9.52. The van der Waals surface area contributed by atoms with E-state index in [1.807, 2.05) is 0 Å². The van der Waals surface area contributed by atoms with Crippen molar-refractivity contribution in [3.63, 3.8) is 0 Å². The number of likely N-dealkylation sites (N-methyl/N-ethyl adjacent to an activating group) is 2. The molecule has 0 aromatic rings. The highest BCUT2D eigenvalue weighted by Gasteiger charge is 2.42. The van der Waals surface area contributed by atoms with Gasteiger partial charge in [0.25, 0.3) is 0 Å². The molecule has 0 aromatic carbocycles. The summed E-state index contributed by atoms with van der Waals surface area (Å²) in [6.07, 6.45) is 1.39. The van der Waals surface area contributed by atoms with Gasteiger partial charge in [-0.1, -0.05) is 0 Å². The third-order valence-electron chi connectivity index (χ3n) is 3.98. The molecule has 0 aliphatic carbocycles. The zero-order chi connectivity index (χ0) is 11.0. The first-order chi connectivity index (χ1) is 7.08. The smallest absolute Gasteiger partial charge is 0.303 e. The standard InChI is InChI=1S/C11H20N2O2/c1-12-6-9-8(5-11(14)15)3-4-13(2)10(9)7-12/h8-10H,3-7H2,1-2H3,(H,14,15). The molecule has 0 bridgehead atoms. The lowest BCUT2D eigenvalue weighted by atomic mass is 9.80. The molecule has 0 aromatic heterocycles. The van der Waals surface area contributed by atoms with Gasteiger partial charge in [0.1, 0.15) is 0 Å². The van der Waals surface area contributed by atoms with E-state index in [9.17, 15) is 4.79 Å². The third kappa shape index (κ3) is 2.16. The highest BCUT2D eigenvalue weighted by Crippen LogP contribution is 2.35. The van der Waals surface area contributed by atoms with Crippen molar-refractivity contribution in [2.75, 3.05) is 33.7 Å². The first-order valence-corrected chi connectivity index (χ1v) is 5.68. The van der Waals surface area contributed by atoms with Crippen LogP contribution in [0.1, 0.15) is 12.8 Å². The first-order valence-electron chi connectivity index (χ1n) is 5.68. The van der Waals surface area contributed by atoms with Crippen molar-refractivity contribution >= 4 is 5.97 Å². The van der Waals surface area contributed by atoms with E-state index in [-0.39, 0.29) is 0 Å². The molecule has 0 saturated carbocycles. The number of hydrogen-bond acceptors (Lipinski definition) is 3. The van der Waals surface area contributed by atoms with E-state index in [1.165, 1.54) is 0 Å². The summed E-state index contributed by atoms with van der Waals surface area (Å²) in [7, 11) is 4.29. The summed E-state index contributed by atoms with van der Waals surface area (Å²) in [4.78, 5) is 15.5. The predicted molar refractivity (Wildman–Crippen MR) is 57.8 cm³/mol. The molecule has 0 amide bonds. The lowest BCUT2D eigenvalue weighted by molar-refractivity contribution is -0.139. The largest absolute Gasteiger partial charge is 0.481 e. The number of fused-ring (bicyclic) bond motifs is 1. The molecule has 2 rings (SSSR count). The van der Waals surface area contributed by atoms with E-state index >= 15 is 0 Å². The van der Waals surface area contributed by atoms with Crippen LogP contribution in [-0.2, 0) is 4.79 Å². The maximum absolute atomic E-state index is 10.8. The first kappa shape index (κ1) is 10.9. The molecule has 2 saturated heterocycles. The normalized spacial score (nSPS) is 37.9. The van der Waals surface area contributed by atoms with Crippen LogP contribution >= 0.6 is 0 Å². The Hall–Kier alpha value is -0.610. The minimum absolute atomic E-state index is 0.350. The maximum atomic E-state index is 10.8. The van der Waals surface area contributed by atoms with Crippen LogP contribution in [0, 0.1) is 11.8 Å². The molecule has 2 fully saturated rings. The van der Waals surface area contributed by atoms with Crippen molar-refractivity contribution in [2.24, 2.45) is 11.8 Å². The van der Waals surface area contributed by atoms with E-state index in [1.54, 1.807) is 0 Å². The van der Waals surface area contributed by atoms with E-state index in [0.29, 0.717) is 24.3 Å². The monoisotopic (exact) mass is 212 g/mol. The number of aliphatic carboxylic acids is 1. The number of carboxylic acids is 1. The molecular formula is C11H20N2O2. The van der Waals surface area contributed by atoms with Crippen LogP contribution in [0.4, 0.5) is 0 Å². The Labute approximate surface area is 90.9 Å². The van der Waals surface area contributed by atoms with Gasteiger partial charge in [-0.2, -0.15) is 0 Å². The molecule has 3 atom stereocenters. The van der Waals surface area contributed by atoms with Crippen LogP contribution in [-0.4, -0.2) is 60.6 Å². The fourth-order valence-electron chi connectivity index (χ4n) is 3.17. The van der Waals surface area contributed by atoms with Crippen LogP contribution < -0.4 is 0 Å². The molecule has 15 heavy (non-hydrogen) atoms. The molecule has 2 aliphatic rings. The van der Waals surface area contributed by atoms with Gasteiger partial charge in [0.15, 0.2) is 0 Å². The summed E-state index contributed by atoms with van der Waals surface area (Å²) in [5.41, 5.74) is 0. The van der Waals surface area contributed by atoms with Crippen LogP contribution in [0.5, 0.6) is 0 Å². The fourth-order valence-corrected chi connectivity index (χ4v) is 3.17. The number of carboxylic acid groups (broad SMARTS) is 1. The van der Waals surface area contributed by atoms with Gasteiger partial charge in [-0.25, -0.2) is 0 Å². The highest BCUT2D eigenvalue weighted by molar-refractivity contribution is 5.67. The second kappa shape index (κ2) is 4.10. The van der Waals surface area contributed by atoms with Crippen LogP contribution in [0.3, 0.4) is 0 Å². The van der Waals surface area contributed by atoms with Gasteiger partial charge < -0.3 is 14.9 Å². The number of nitrogens with zero attached hydrogens (tertiary/aromatic N) is 2. The fraction of sp³-hybridized carbons (Fsp3) is 0.909. The quantitative estimate of drug-likeness (QED) is 0.717. The number of piperidine rings is 1.